The quantitative estimate of drug-likeness (QED) is 0.816. The second-order valence-corrected chi connectivity index (χ2v) is 6.40. The topological polar surface area (TPSA) is 74.8 Å². The van der Waals surface area contributed by atoms with Gasteiger partial charge in [-0.25, -0.2) is 18.1 Å². The zero-order chi connectivity index (χ0) is 13.9. The third kappa shape index (κ3) is 3.65. The van der Waals surface area contributed by atoms with Crippen LogP contribution in [-0.2, 0) is 21.9 Å². The number of halogens is 1. The molecule has 0 spiro atoms. The molecule has 0 unspecified atom stereocenters. The molecule has 2 aromatic rings. The van der Waals surface area contributed by atoms with Gasteiger partial charge in [-0.05, 0) is 18.1 Å². The van der Waals surface area contributed by atoms with Crippen LogP contribution in [0.25, 0.3) is 0 Å². The number of rotatable bonds is 5. The summed E-state index contributed by atoms with van der Waals surface area (Å²) in [7, 11) is -3.53. The van der Waals surface area contributed by atoms with Crippen molar-refractivity contribution in [3.8, 4) is 0 Å². The summed E-state index contributed by atoms with van der Waals surface area (Å²) in [4.78, 5) is 6.58. The molecule has 1 heterocycles. The first-order valence-electron chi connectivity index (χ1n) is 5.66. The lowest BCUT2D eigenvalue weighted by Gasteiger charge is -2.05. The minimum absolute atomic E-state index is 0.0853. The number of aromatic amines is 1. The number of hydrogen-bond acceptors (Lipinski definition) is 3. The van der Waals surface area contributed by atoms with Crippen molar-refractivity contribution in [2.75, 3.05) is 0 Å². The molecule has 0 atom stereocenters. The minimum Gasteiger partial charge on any atom is -0.332 e. The van der Waals surface area contributed by atoms with Crippen LogP contribution in [0.15, 0.2) is 35.5 Å². The van der Waals surface area contributed by atoms with Crippen molar-refractivity contribution in [3.05, 3.63) is 47.4 Å². The van der Waals surface area contributed by atoms with E-state index in [2.05, 4.69) is 30.6 Å². The maximum absolute atomic E-state index is 12.0. The fraction of sp³-hybridized carbons (Fsp3) is 0.250. The van der Waals surface area contributed by atoms with E-state index in [-0.39, 0.29) is 11.6 Å². The minimum atomic E-state index is -3.53. The molecule has 0 aliphatic rings. The summed E-state index contributed by atoms with van der Waals surface area (Å²) >= 11 is 3.36. The van der Waals surface area contributed by atoms with E-state index >= 15 is 0 Å². The molecule has 0 saturated carbocycles. The number of H-pyrrole nitrogens is 1. The van der Waals surface area contributed by atoms with E-state index < -0.39 is 10.0 Å². The highest BCUT2D eigenvalue weighted by Crippen LogP contribution is 2.10. The largest absolute Gasteiger partial charge is 0.332 e. The molecule has 1 aromatic carbocycles. The van der Waals surface area contributed by atoms with Gasteiger partial charge >= 0.3 is 0 Å². The predicted octanol–water partition coefficient (Wildman–Crippen LogP) is 2.09. The van der Waals surface area contributed by atoms with Gasteiger partial charge in [-0.1, -0.05) is 40.2 Å². The van der Waals surface area contributed by atoms with Crippen molar-refractivity contribution in [2.24, 2.45) is 0 Å². The van der Waals surface area contributed by atoms with E-state index in [0.29, 0.717) is 5.82 Å². The molecule has 1 aromatic heterocycles. The Hall–Kier alpha value is -1.18. The first kappa shape index (κ1) is 14.2. The number of aromatic nitrogens is 2. The Morgan fingerprint density at radius 3 is 2.42 bits per heavy atom. The van der Waals surface area contributed by atoms with E-state index in [0.717, 1.165) is 16.5 Å². The Labute approximate surface area is 120 Å². The van der Waals surface area contributed by atoms with Crippen LogP contribution in [0.3, 0.4) is 0 Å². The molecular formula is C12H14BrN3O2S. The van der Waals surface area contributed by atoms with Crippen LogP contribution in [0.2, 0.25) is 0 Å². The van der Waals surface area contributed by atoms with Crippen LogP contribution in [0.1, 0.15) is 17.0 Å². The van der Waals surface area contributed by atoms with Crippen LogP contribution < -0.4 is 4.72 Å². The van der Waals surface area contributed by atoms with Gasteiger partial charge in [0.15, 0.2) is 5.03 Å². The summed E-state index contributed by atoms with van der Waals surface area (Å²) in [6.07, 6.45) is 1.31. The lowest BCUT2D eigenvalue weighted by atomic mass is 10.2. The van der Waals surface area contributed by atoms with Gasteiger partial charge in [-0.15, -0.1) is 0 Å². The van der Waals surface area contributed by atoms with Gasteiger partial charge in [-0.3, -0.25) is 0 Å². The smallest absolute Gasteiger partial charge is 0.257 e. The van der Waals surface area contributed by atoms with Crippen molar-refractivity contribution in [2.45, 2.75) is 23.8 Å². The van der Waals surface area contributed by atoms with Gasteiger partial charge < -0.3 is 4.98 Å². The van der Waals surface area contributed by atoms with Crippen molar-refractivity contribution in [1.29, 1.82) is 0 Å². The normalized spacial score (nSPS) is 11.7. The highest BCUT2D eigenvalue weighted by Gasteiger charge is 2.15. The average molecular weight is 344 g/mol. The third-order valence-corrected chi connectivity index (χ3v) is 4.57. The van der Waals surface area contributed by atoms with Gasteiger partial charge in [-0.2, -0.15) is 0 Å². The molecule has 5 nitrogen and oxygen atoms in total. The molecule has 0 fully saturated rings. The summed E-state index contributed by atoms with van der Waals surface area (Å²) in [6.45, 7) is 1.96. The Bertz CT molecular complexity index is 650. The molecule has 0 saturated heterocycles. The molecule has 0 aliphatic heterocycles. The Morgan fingerprint density at radius 1 is 1.26 bits per heavy atom. The monoisotopic (exact) mass is 343 g/mol. The lowest BCUT2D eigenvalue weighted by molar-refractivity contribution is 0.578. The first-order valence-corrected chi connectivity index (χ1v) is 8.27. The third-order valence-electron chi connectivity index (χ3n) is 2.61. The predicted molar refractivity (Wildman–Crippen MR) is 76.4 cm³/mol. The SMILES string of the molecule is Cc1ncc(S(=O)(=O)NCc2ccc(CBr)cc2)[nH]1. The van der Waals surface area contributed by atoms with Crippen LogP contribution in [-0.4, -0.2) is 18.4 Å². The van der Waals surface area contributed by atoms with Gasteiger partial charge in [0.1, 0.15) is 5.82 Å². The van der Waals surface area contributed by atoms with Gasteiger partial charge in [0.05, 0.1) is 6.20 Å². The van der Waals surface area contributed by atoms with E-state index in [1.165, 1.54) is 6.20 Å². The van der Waals surface area contributed by atoms with Crippen molar-refractivity contribution in [3.63, 3.8) is 0 Å². The van der Waals surface area contributed by atoms with Gasteiger partial charge in [0.25, 0.3) is 10.0 Å². The number of imidazole rings is 1. The van der Waals surface area contributed by atoms with E-state index in [9.17, 15) is 8.42 Å². The van der Waals surface area contributed by atoms with E-state index in [1.807, 2.05) is 24.3 Å². The Morgan fingerprint density at radius 2 is 1.89 bits per heavy atom. The zero-order valence-corrected chi connectivity index (χ0v) is 12.8. The summed E-state index contributed by atoms with van der Waals surface area (Å²) in [6, 6.07) is 7.71. The van der Waals surface area contributed by atoms with Crippen molar-refractivity contribution in [1.82, 2.24) is 14.7 Å². The molecular weight excluding hydrogens is 330 g/mol. The number of aryl methyl sites for hydroxylation is 1. The molecule has 0 bridgehead atoms. The van der Waals surface area contributed by atoms with Crippen LogP contribution in [0.5, 0.6) is 0 Å². The number of nitrogens with zero attached hydrogens (tertiary/aromatic N) is 1. The number of sulfonamides is 1. The van der Waals surface area contributed by atoms with Crippen molar-refractivity contribution < 1.29 is 8.42 Å². The maximum Gasteiger partial charge on any atom is 0.257 e. The fourth-order valence-electron chi connectivity index (χ4n) is 1.54. The highest BCUT2D eigenvalue weighted by atomic mass is 79.9. The number of alkyl halides is 1. The first-order chi connectivity index (χ1) is 9.01. The average Bonchev–Trinajstić information content (AvgIpc) is 2.85. The van der Waals surface area contributed by atoms with E-state index in [1.54, 1.807) is 6.92 Å². The standard InChI is InChI=1S/C12H14BrN3O2S/c1-9-14-8-12(16-9)19(17,18)15-7-11-4-2-10(6-13)3-5-11/h2-5,8,15H,6-7H2,1H3,(H,14,16). The second kappa shape index (κ2) is 5.85. The number of hydrogen-bond donors (Lipinski definition) is 2. The number of nitrogens with one attached hydrogen (secondary N) is 2. The van der Waals surface area contributed by atoms with Crippen LogP contribution in [0.4, 0.5) is 0 Å². The van der Waals surface area contributed by atoms with Crippen LogP contribution in [0, 0.1) is 6.92 Å². The maximum atomic E-state index is 12.0. The van der Waals surface area contributed by atoms with E-state index in [4.69, 9.17) is 0 Å². The van der Waals surface area contributed by atoms with Crippen molar-refractivity contribution >= 4 is 26.0 Å². The van der Waals surface area contributed by atoms with Gasteiger partial charge in [0.2, 0.25) is 0 Å². The molecule has 102 valence electrons. The van der Waals surface area contributed by atoms with Crippen LogP contribution >= 0.6 is 15.9 Å². The lowest BCUT2D eigenvalue weighted by Crippen LogP contribution is -2.23. The molecule has 19 heavy (non-hydrogen) atoms. The molecule has 2 N–H and O–H groups in total. The highest BCUT2D eigenvalue weighted by molar-refractivity contribution is 9.08. The molecule has 0 aliphatic carbocycles. The molecule has 0 amide bonds. The zero-order valence-electron chi connectivity index (χ0n) is 10.4. The molecule has 7 heteroatoms. The molecule has 0 radical (unpaired) electrons. The summed E-state index contributed by atoms with van der Waals surface area (Å²) in [5.41, 5.74) is 2.06. The van der Waals surface area contributed by atoms with Gasteiger partial charge in [0, 0.05) is 11.9 Å². The Kier molecular flexibility index (Phi) is 4.38. The summed E-state index contributed by atoms with van der Waals surface area (Å²) in [5, 5.41) is 0.869. The second-order valence-electron chi connectivity index (χ2n) is 4.11. The Balaban J connectivity index is 2.05. The molecule has 2 rings (SSSR count). The number of benzene rings is 1. The summed E-state index contributed by atoms with van der Waals surface area (Å²) in [5.74, 6) is 0.571. The fourth-order valence-corrected chi connectivity index (χ4v) is 2.90. The summed E-state index contributed by atoms with van der Waals surface area (Å²) < 4.78 is 26.4.